The summed E-state index contributed by atoms with van der Waals surface area (Å²) in [5.74, 6) is -1.12. The van der Waals surface area contributed by atoms with Crippen LogP contribution in [0.1, 0.15) is 27.0 Å². The highest BCUT2D eigenvalue weighted by Crippen LogP contribution is 2.16. The summed E-state index contributed by atoms with van der Waals surface area (Å²) in [4.78, 5) is 11.9. The first-order valence-electron chi connectivity index (χ1n) is 6.23. The second-order valence-electron chi connectivity index (χ2n) is 4.57. The lowest BCUT2D eigenvalue weighted by atomic mass is 10.1. The number of ether oxygens (including phenoxy) is 1. The van der Waals surface area contributed by atoms with Gasteiger partial charge in [-0.2, -0.15) is 5.26 Å². The molecule has 0 amide bonds. The van der Waals surface area contributed by atoms with Crippen molar-refractivity contribution in [2.75, 3.05) is 5.73 Å². The molecule has 0 aliphatic carbocycles. The Morgan fingerprint density at radius 3 is 2.71 bits per heavy atom. The maximum absolute atomic E-state index is 13.7. The molecule has 5 heteroatoms. The minimum absolute atomic E-state index is 0.194. The molecule has 2 aromatic carbocycles. The zero-order valence-corrected chi connectivity index (χ0v) is 11.4. The molecule has 2 rings (SSSR count). The molecular formula is C16H13FN2O2. The minimum atomic E-state index is -0.573. The fourth-order valence-corrected chi connectivity index (χ4v) is 1.87. The largest absolute Gasteiger partial charge is 0.457 e. The summed E-state index contributed by atoms with van der Waals surface area (Å²) in [5.41, 5.74) is 7.69. The Bertz CT molecular complexity index is 736. The van der Waals surface area contributed by atoms with Crippen molar-refractivity contribution in [2.45, 2.75) is 13.5 Å². The monoisotopic (exact) mass is 284 g/mol. The Morgan fingerprint density at radius 1 is 1.33 bits per heavy atom. The summed E-state index contributed by atoms with van der Waals surface area (Å²) >= 11 is 0. The minimum Gasteiger partial charge on any atom is -0.457 e. The summed E-state index contributed by atoms with van der Waals surface area (Å²) in [6, 6.07) is 10.7. The number of carbonyl (C=O) groups is 1. The van der Waals surface area contributed by atoms with Gasteiger partial charge in [0.2, 0.25) is 0 Å². The number of nitrogen functional groups attached to an aromatic ring is 1. The van der Waals surface area contributed by atoms with Gasteiger partial charge in [0.25, 0.3) is 0 Å². The number of benzene rings is 2. The third kappa shape index (κ3) is 3.37. The van der Waals surface area contributed by atoms with E-state index in [1.54, 1.807) is 25.1 Å². The standard InChI is InChI=1S/C16H13FN2O2/c1-10-6-13(19)4-5-14(10)16(20)21-9-12-3-2-11(8-18)7-15(12)17/h2-7H,9,19H2,1H3. The van der Waals surface area contributed by atoms with Gasteiger partial charge in [-0.15, -0.1) is 0 Å². The van der Waals surface area contributed by atoms with E-state index in [1.165, 1.54) is 12.1 Å². The van der Waals surface area contributed by atoms with E-state index in [0.29, 0.717) is 16.8 Å². The van der Waals surface area contributed by atoms with Gasteiger partial charge in [-0.3, -0.25) is 0 Å². The highest BCUT2D eigenvalue weighted by atomic mass is 19.1. The molecule has 0 bridgehead atoms. The quantitative estimate of drug-likeness (QED) is 0.694. The zero-order valence-electron chi connectivity index (χ0n) is 11.4. The van der Waals surface area contributed by atoms with Crippen molar-refractivity contribution < 1.29 is 13.9 Å². The van der Waals surface area contributed by atoms with Crippen LogP contribution >= 0.6 is 0 Å². The van der Waals surface area contributed by atoms with Crippen LogP contribution in [0, 0.1) is 24.1 Å². The molecule has 0 atom stereocenters. The Balaban J connectivity index is 2.09. The molecule has 0 aromatic heterocycles. The predicted octanol–water partition coefficient (Wildman–Crippen LogP) is 2.95. The van der Waals surface area contributed by atoms with Crippen LogP contribution in [0.4, 0.5) is 10.1 Å². The van der Waals surface area contributed by atoms with Crippen molar-refractivity contribution >= 4 is 11.7 Å². The normalized spacial score (nSPS) is 9.95. The molecule has 0 spiro atoms. The average Bonchev–Trinajstić information content (AvgIpc) is 2.45. The number of anilines is 1. The molecule has 0 fully saturated rings. The molecule has 4 nitrogen and oxygen atoms in total. The molecule has 0 saturated heterocycles. The molecule has 0 aliphatic rings. The van der Waals surface area contributed by atoms with Crippen LogP contribution in [0.25, 0.3) is 0 Å². The molecule has 106 valence electrons. The molecule has 2 aromatic rings. The fourth-order valence-electron chi connectivity index (χ4n) is 1.87. The van der Waals surface area contributed by atoms with Crippen molar-refractivity contribution in [1.29, 1.82) is 5.26 Å². The molecule has 21 heavy (non-hydrogen) atoms. The molecule has 0 saturated carbocycles. The van der Waals surface area contributed by atoms with E-state index in [2.05, 4.69) is 0 Å². The van der Waals surface area contributed by atoms with Crippen LogP contribution in [0.3, 0.4) is 0 Å². The Morgan fingerprint density at radius 2 is 2.10 bits per heavy atom. The van der Waals surface area contributed by atoms with Crippen LogP contribution in [-0.4, -0.2) is 5.97 Å². The van der Waals surface area contributed by atoms with E-state index in [4.69, 9.17) is 15.7 Å². The number of carbonyl (C=O) groups excluding carboxylic acids is 1. The maximum Gasteiger partial charge on any atom is 0.338 e. The number of nitrogens with zero attached hydrogens (tertiary/aromatic N) is 1. The van der Waals surface area contributed by atoms with Crippen molar-refractivity contribution in [1.82, 2.24) is 0 Å². The first kappa shape index (κ1) is 14.5. The van der Waals surface area contributed by atoms with Crippen molar-refractivity contribution in [3.8, 4) is 6.07 Å². The first-order chi connectivity index (χ1) is 10.0. The number of hydrogen-bond donors (Lipinski definition) is 1. The third-order valence-electron chi connectivity index (χ3n) is 3.01. The summed E-state index contributed by atoms with van der Waals surface area (Å²) in [5, 5.41) is 8.66. The van der Waals surface area contributed by atoms with Gasteiger partial charge in [0, 0.05) is 11.3 Å². The summed E-state index contributed by atoms with van der Waals surface area (Å²) < 4.78 is 18.7. The Hall–Kier alpha value is -2.87. The number of hydrogen-bond acceptors (Lipinski definition) is 4. The van der Waals surface area contributed by atoms with Gasteiger partial charge in [-0.25, -0.2) is 9.18 Å². The molecule has 2 N–H and O–H groups in total. The Labute approximate surface area is 121 Å². The zero-order chi connectivity index (χ0) is 15.4. The topological polar surface area (TPSA) is 76.1 Å². The van der Waals surface area contributed by atoms with Crippen LogP contribution in [0.2, 0.25) is 0 Å². The molecular weight excluding hydrogens is 271 g/mol. The van der Waals surface area contributed by atoms with Gasteiger partial charge < -0.3 is 10.5 Å². The summed E-state index contributed by atoms with van der Waals surface area (Å²) in [7, 11) is 0. The van der Waals surface area contributed by atoms with Crippen molar-refractivity contribution in [3.63, 3.8) is 0 Å². The molecule has 0 radical (unpaired) electrons. The highest BCUT2D eigenvalue weighted by Gasteiger charge is 2.12. The van der Waals surface area contributed by atoms with Gasteiger partial charge in [0.05, 0.1) is 17.2 Å². The van der Waals surface area contributed by atoms with Gasteiger partial charge in [0.1, 0.15) is 12.4 Å². The molecule has 0 heterocycles. The van der Waals surface area contributed by atoms with Gasteiger partial charge in [-0.1, -0.05) is 6.07 Å². The van der Waals surface area contributed by atoms with E-state index in [1.807, 2.05) is 6.07 Å². The SMILES string of the molecule is Cc1cc(N)ccc1C(=O)OCc1ccc(C#N)cc1F. The van der Waals surface area contributed by atoms with Gasteiger partial charge >= 0.3 is 5.97 Å². The lowest BCUT2D eigenvalue weighted by molar-refractivity contribution is 0.0468. The number of nitrogens with two attached hydrogens (primary N) is 1. The van der Waals surface area contributed by atoms with Crippen LogP contribution in [-0.2, 0) is 11.3 Å². The van der Waals surface area contributed by atoms with Gasteiger partial charge in [0.15, 0.2) is 0 Å². The van der Waals surface area contributed by atoms with Crippen LogP contribution < -0.4 is 5.73 Å². The lowest BCUT2D eigenvalue weighted by Crippen LogP contribution is -2.08. The van der Waals surface area contributed by atoms with Gasteiger partial charge in [-0.05, 0) is 42.8 Å². The maximum atomic E-state index is 13.7. The lowest BCUT2D eigenvalue weighted by Gasteiger charge is -2.08. The van der Waals surface area contributed by atoms with E-state index < -0.39 is 11.8 Å². The third-order valence-corrected chi connectivity index (χ3v) is 3.01. The summed E-state index contributed by atoms with van der Waals surface area (Å²) in [6.45, 7) is 1.55. The second kappa shape index (κ2) is 6.06. The number of aryl methyl sites for hydroxylation is 1. The summed E-state index contributed by atoms with van der Waals surface area (Å²) in [6.07, 6.45) is 0. The number of rotatable bonds is 3. The molecule has 0 aliphatic heterocycles. The number of esters is 1. The second-order valence-corrected chi connectivity index (χ2v) is 4.57. The highest BCUT2D eigenvalue weighted by molar-refractivity contribution is 5.91. The average molecular weight is 284 g/mol. The number of halogens is 1. The van der Waals surface area contributed by atoms with Crippen LogP contribution in [0.5, 0.6) is 0 Å². The van der Waals surface area contributed by atoms with Crippen molar-refractivity contribution in [3.05, 3.63) is 64.5 Å². The first-order valence-corrected chi connectivity index (χ1v) is 6.23. The fraction of sp³-hybridized carbons (Fsp3) is 0.125. The predicted molar refractivity (Wildman–Crippen MR) is 75.8 cm³/mol. The van der Waals surface area contributed by atoms with E-state index in [9.17, 15) is 9.18 Å². The van der Waals surface area contributed by atoms with E-state index in [0.717, 1.165) is 6.07 Å². The van der Waals surface area contributed by atoms with E-state index >= 15 is 0 Å². The smallest absolute Gasteiger partial charge is 0.338 e. The Kier molecular flexibility index (Phi) is 4.19. The van der Waals surface area contributed by atoms with Crippen molar-refractivity contribution in [2.24, 2.45) is 0 Å². The molecule has 0 unspecified atom stereocenters. The van der Waals surface area contributed by atoms with E-state index in [-0.39, 0.29) is 17.7 Å². The van der Waals surface area contributed by atoms with Crippen LogP contribution in [0.15, 0.2) is 36.4 Å². The number of nitriles is 1.